The monoisotopic (exact) mass is 300 g/mol. The molecule has 0 heterocycles. The maximum atomic E-state index is 11.9. The molecule has 1 aromatic rings. The number of hydrogen-bond acceptors (Lipinski definition) is 4. The summed E-state index contributed by atoms with van der Waals surface area (Å²) in [4.78, 5) is 23.3. The molecule has 1 aliphatic rings. The van der Waals surface area contributed by atoms with E-state index in [-0.39, 0.29) is 23.5 Å². The molecule has 0 unspecified atom stereocenters. The fraction of sp³-hybridized carbons (Fsp3) is 0.176. The van der Waals surface area contributed by atoms with Gasteiger partial charge >= 0.3 is 11.9 Å². The number of aliphatic hydroxyl groups is 1. The molecule has 0 amide bonds. The first kappa shape index (κ1) is 15.6. The summed E-state index contributed by atoms with van der Waals surface area (Å²) in [6.45, 7) is 3.34. The molecule has 1 aromatic carbocycles. The van der Waals surface area contributed by atoms with Crippen molar-refractivity contribution in [3.05, 3.63) is 64.3 Å². The molecule has 5 heteroatoms. The number of benzene rings is 1. The molecular weight excluding hydrogens is 284 g/mol. The molecule has 114 valence electrons. The number of carboxylic acid groups (broad SMARTS) is 1. The van der Waals surface area contributed by atoms with Crippen LogP contribution in [0, 0.1) is 0 Å². The van der Waals surface area contributed by atoms with E-state index in [1.807, 2.05) is 0 Å². The number of allylic oxidation sites excluding steroid dienone is 3. The van der Waals surface area contributed by atoms with E-state index in [2.05, 4.69) is 0 Å². The second-order valence-corrected chi connectivity index (χ2v) is 4.71. The summed E-state index contributed by atoms with van der Waals surface area (Å²) >= 11 is 0. The summed E-state index contributed by atoms with van der Waals surface area (Å²) in [5.41, 5.74) is 0.992. The quantitative estimate of drug-likeness (QED) is 0.660. The SMILES string of the molecule is CCOC(=O)C1=C/C(=C(\O)c2ccccc2)C(C)=C1C(=O)O. The predicted octanol–water partition coefficient (Wildman–Crippen LogP) is 2.86. The zero-order valence-electron chi connectivity index (χ0n) is 12.3. The molecule has 2 rings (SSSR count). The molecule has 2 N–H and O–H groups in total. The van der Waals surface area contributed by atoms with Gasteiger partial charge in [-0.3, -0.25) is 0 Å². The number of rotatable bonds is 4. The van der Waals surface area contributed by atoms with Gasteiger partial charge in [-0.2, -0.15) is 0 Å². The Hall–Kier alpha value is -2.82. The Bertz CT molecular complexity index is 708. The second-order valence-electron chi connectivity index (χ2n) is 4.71. The van der Waals surface area contributed by atoms with Crippen LogP contribution in [0.1, 0.15) is 19.4 Å². The minimum absolute atomic E-state index is 0.0515. The fourth-order valence-electron chi connectivity index (χ4n) is 2.30. The lowest BCUT2D eigenvalue weighted by Crippen LogP contribution is -2.13. The Morgan fingerprint density at radius 1 is 1.14 bits per heavy atom. The topological polar surface area (TPSA) is 83.8 Å². The second kappa shape index (κ2) is 6.30. The lowest BCUT2D eigenvalue weighted by Gasteiger charge is -2.06. The standard InChI is InChI=1S/C17H16O5/c1-3-22-17(21)13-9-12(10(2)14(13)16(19)20)15(18)11-7-5-4-6-8-11/h4-9,18H,3H2,1-2H3,(H,19,20)/b15-12+. The van der Waals surface area contributed by atoms with Gasteiger partial charge in [0, 0.05) is 11.1 Å². The molecule has 0 bridgehead atoms. The van der Waals surface area contributed by atoms with Gasteiger partial charge in [0.05, 0.1) is 17.8 Å². The molecule has 0 spiro atoms. The number of esters is 1. The van der Waals surface area contributed by atoms with Gasteiger partial charge in [0.1, 0.15) is 5.76 Å². The van der Waals surface area contributed by atoms with E-state index in [9.17, 15) is 19.8 Å². The molecule has 0 saturated heterocycles. The van der Waals surface area contributed by atoms with Crippen molar-refractivity contribution in [2.45, 2.75) is 13.8 Å². The number of ether oxygens (including phenoxy) is 1. The van der Waals surface area contributed by atoms with Crippen molar-refractivity contribution in [3.8, 4) is 0 Å². The first-order valence-corrected chi connectivity index (χ1v) is 6.79. The molecule has 0 aliphatic heterocycles. The van der Waals surface area contributed by atoms with E-state index in [1.165, 1.54) is 6.08 Å². The predicted molar refractivity (Wildman–Crippen MR) is 81.0 cm³/mol. The van der Waals surface area contributed by atoms with Crippen molar-refractivity contribution in [1.29, 1.82) is 0 Å². The van der Waals surface area contributed by atoms with E-state index in [0.717, 1.165) is 0 Å². The van der Waals surface area contributed by atoms with Gasteiger partial charge in [-0.05, 0) is 25.5 Å². The van der Waals surface area contributed by atoms with Crippen LogP contribution in [-0.4, -0.2) is 28.8 Å². The van der Waals surface area contributed by atoms with Gasteiger partial charge in [-0.1, -0.05) is 30.3 Å². The smallest absolute Gasteiger partial charge is 0.339 e. The molecule has 5 nitrogen and oxygen atoms in total. The summed E-state index contributed by atoms with van der Waals surface area (Å²) in [7, 11) is 0. The summed E-state index contributed by atoms with van der Waals surface area (Å²) in [5.74, 6) is -2.01. The van der Waals surface area contributed by atoms with E-state index >= 15 is 0 Å². The summed E-state index contributed by atoms with van der Waals surface area (Å²) in [6.07, 6.45) is 1.36. The number of carboxylic acids is 1. The number of aliphatic carboxylic acids is 1. The van der Waals surface area contributed by atoms with Crippen LogP contribution in [0.2, 0.25) is 0 Å². The molecule has 0 aromatic heterocycles. The van der Waals surface area contributed by atoms with Crippen LogP contribution in [0.3, 0.4) is 0 Å². The average molecular weight is 300 g/mol. The van der Waals surface area contributed by atoms with E-state index in [4.69, 9.17) is 4.74 Å². The van der Waals surface area contributed by atoms with Crippen molar-refractivity contribution in [1.82, 2.24) is 0 Å². The van der Waals surface area contributed by atoms with Crippen molar-refractivity contribution < 1.29 is 24.5 Å². The van der Waals surface area contributed by atoms with Gasteiger partial charge < -0.3 is 14.9 Å². The van der Waals surface area contributed by atoms with Gasteiger partial charge in [-0.25, -0.2) is 9.59 Å². The molecular formula is C17H16O5. The molecule has 22 heavy (non-hydrogen) atoms. The highest BCUT2D eigenvalue weighted by molar-refractivity contribution is 6.10. The maximum absolute atomic E-state index is 11.9. The lowest BCUT2D eigenvalue weighted by molar-refractivity contribution is -0.140. The van der Waals surface area contributed by atoms with Crippen LogP contribution >= 0.6 is 0 Å². The highest BCUT2D eigenvalue weighted by atomic mass is 16.5. The van der Waals surface area contributed by atoms with Crippen molar-refractivity contribution in [2.24, 2.45) is 0 Å². The first-order valence-electron chi connectivity index (χ1n) is 6.79. The van der Waals surface area contributed by atoms with Gasteiger partial charge in [0.15, 0.2) is 0 Å². The fourth-order valence-corrected chi connectivity index (χ4v) is 2.30. The summed E-state index contributed by atoms with van der Waals surface area (Å²) in [6, 6.07) is 8.72. The number of carbonyl (C=O) groups excluding carboxylic acids is 1. The Morgan fingerprint density at radius 3 is 2.32 bits per heavy atom. The third-order valence-corrected chi connectivity index (χ3v) is 3.35. The third-order valence-electron chi connectivity index (χ3n) is 3.35. The Labute approximate surface area is 127 Å². The van der Waals surface area contributed by atoms with Crippen LogP contribution in [0.4, 0.5) is 0 Å². The van der Waals surface area contributed by atoms with Gasteiger partial charge in [-0.15, -0.1) is 0 Å². The molecule has 0 radical (unpaired) electrons. The average Bonchev–Trinajstić information content (AvgIpc) is 2.85. The maximum Gasteiger partial charge on any atom is 0.339 e. The number of carbonyl (C=O) groups is 2. The number of hydrogen-bond donors (Lipinski definition) is 2. The van der Waals surface area contributed by atoms with Crippen molar-refractivity contribution in [2.75, 3.05) is 6.61 Å². The molecule has 1 aliphatic carbocycles. The number of aliphatic hydroxyl groups excluding tert-OH is 1. The highest BCUT2D eigenvalue weighted by Crippen LogP contribution is 2.35. The van der Waals surface area contributed by atoms with Gasteiger partial charge in [0.2, 0.25) is 0 Å². The first-order chi connectivity index (χ1) is 10.5. The van der Waals surface area contributed by atoms with Crippen molar-refractivity contribution in [3.63, 3.8) is 0 Å². The summed E-state index contributed by atoms with van der Waals surface area (Å²) < 4.78 is 4.88. The lowest BCUT2D eigenvalue weighted by atomic mass is 10.0. The third kappa shape index (κ3) is 2.79. The van der Waals surface area contributed by atoms with Crippen LogP contribution < -0.4 is 0 Å². The molecule has 0 atom stereocenters. The van der Waals surface area contributed by atoms with E-state index in [0.29, 0.717) is 16.7 Å². The van der Waals surface area contributed by atoms with Crippen LogP contribution in [-0.2, 0) is 14.3 Å². The van der Waals surface area contributed by atoms with Crippen LogP contribution in [0.5, 0.6) is 0 Å². The van der Waals surface area contributed by atoms with Crippen LogP contribution in [0.25, 0.3) is 5.76 Å². The zero-order chi connectivity index (χ0) is 16.3. The summed E-state index contributed by atoms with van der Waals surface area (Å²) in [5, 5.41) is 19.7. The Balaban J connectivity index is 2.59. The largest absolute Gasteiger partial charge is 0.507 e. The zero-order valence-corrected chi connectivity index (χ0v) is 12.3. The Morgan fingerprint density at radius 2 is 1.77 bits per heavy atom. The van der Waals surface area contributed by atoms with E-state index < -0.39 is 11.9 Å². The molecule has 0 saturated carbocycles. The highest BCUT2D eigenvalue weighted by Gasteiger charge is 2.31. The van der Waals surface area contributed by atoms with Crippen LogP contribution in [0.15, 0.2) is 58.7 Å². The Kier molecular flexibility index (Phi) is 4.46. The van der Waals surface area contributed by atoms with E-state index in [1.54, 1.807) is 44.2 Å². The molecule has 0 fully saturated rings. The normalized spacial score (nSPS) is 16.4. The van der Waals surface area contributed by atoms with Crippen molar-refractivity contribution >= 4 is 17.7 Å². The minimum Gasteiger partial charge on any atom is -0.507 e. The minimum atomic E-state index is -1.23. The van der Waals surface area contributed by atoms with Gasteiger partial charge in [0.25, 0.3) is 0 Å².